The number of phenolic OH excluding ortho intramolecular Hbond substituents is 1. The number of carboxylic acids is 1. The first-order valence-corrected chi connectivity index (χ1v) is 3.29. The molecule has 0 aliphatic rings. The second-order valence-electron chi connectivity index (χ2n) is 2.28. The van der Waals surface area contributed by atoms with Crippen LogP contribution in [-0.2, 0) is 4.79 Å². The molecule has 0 radical (unpaired) electrons. The molecule has 0 bridgehead atoms. The fraction of sp³-hybridized carbons (Fsp3) is 0.125. The van der Waals surface area contributed by atoms with Crippen LogP contribution in [0.1, 0.15) is 11.7 Å². The third kappa shape index (κ3) is 4.05. The molecule has 1 aromatic rings. The second-order valence-corrected chi connectivity index (χ2v) is 2.28. The Balaban J connectivity index is 0. The predicted octanol–water partition coefficient (Wildman–Crippen LogP) is -4.65. The first-order chi connectivity index (χ1) is 5.63. The van der Waals surface area contributed by atoms with Gasteiger partial charge in [-0.05, 0) is 6.07 Å². The van der Waals surface area contributed by atoms with Crippen LogP contribution < -0.4 is 56.5 Å². The van der Waals surface area contributed by atoms with E-state index in [2.05, 4.69) is 0 Å². The van der Waals surface area contributed by atoms with Gasteiger partial charge in [-0.1, -0.05) is 18.2 Å². The van der Waals surface area contributed by atoms with Gasteiger partial charge < -0.3 is 25.6 Å². The predicted molar refractivity (Wildman–Crippen MR) is 41.7 cm³/mol. The van der Waals surface area contributed by atoms with Crippen molar-refractivity contribution in [2.75, 3.05) is 0 Å². The normalized spacial score (nSPS) is 10.6. The molecule has 0 saturated carbocycles. The van der Waals surface area contributed by atoms with Crippen LogP contribution in [0, 0.1) is 0 Å². The smallest absolute Gasteiger partial charge is 0.547 e. The summed E-state index contributed by atoms with van der Waals surface area (Å²) in [5, 5.41) is 28.2. The summed E-state index contributed by atoms with van der Waals surface area (Å²) in [5.74, 6) is -1.88. The second kappa shape index (κ2) is 7.35. The molecule has 0 spiro atoms. The Bertz CT molecular complexity index is 302. The molecule has 0 aliphatic heterocycles. The van der Waals surface area contributed by atoms with E-state index in [0.717, 1.165) is 0 Å². The summed E-state index contributed by atoms with van der Waals surface area (Å²) in [6, 6.07) is 5.65. The molecule has 1 unspecified atom stereocenters. The van der Waals surface area contributed by atoms with Crippen molar-refractivity contribution in [1.82, 2.24) is 0 Å². The number of phenols is 1. The van der Waals surface area contributed by atoms with Gasteiger partial charge in [0.15, 0.2) is 0 Å². The summed E-state index contributed by atoms with van der Waals surface area (Å²) >= 11 is 0. The van der Waals surface area contributed by atoms with Crippen LogP contribution in [0.4, 0.5) is 0 Å². The van der Waals surface area contributed by atoms with E-state index in [0.29, 0.717) is 0 Å². The van der Waals surface area contributed by atoms with E-state index >= 15 is 0 Å². The van der Waals surface area contributed by atoms with Crippen LogP contribution in [-0.4, -0.2) is 21.7 Å². The maximum Gasteiger partial charge on any atom is 1.00 e. The monoisotopic (exact) mass is 224 g/mol. The minimum atomic E-state index is -1.77. The molecule has 1 atom stereocenters. The van der Waals surface area contributed by atoms with Crippen LogP contribution in [0.5, 0.6) is 5.75 Å². The maximum atomic E-state index is 10.2. The van der Waals surface area contributed by atoms with Crippen molar-refractivity contribution in [3.05, 3.63) is 29.8 Å². The molecule has 1 rings (SSSR count). The number of rotatable bonds is 2. The van der Waals surface area contributed by atoms with Crippen molar-refractivity contribution in [1.29, 1.82) is 0 Å². The van der Waals surface area contributed by atoms with Crippen LogP contribution in [0.15, 0.2) is 24.3 Å². The third-order valence-corrected chi connectivity index (χ3v) is 1.45. The SMILES string of the molecule is O.O=C([O-])C(O)c1ccccc1O.[K+]. The summed E-state index contributed by atoms with van der Waals surface area (Å²) in [6.07, 6.45) is -1.77. The molecule has 0 saturated heterocycles. The number of hydrogen-bond acceptors (Lipinski definition) is 4. The minimum Gasteiger partial charge on any atom is -0.547 e. The number of para-hydroxylation sites is 1. The zero-order valence-corrected chi connectivity index (χ0v) is 10.7. The maximum absolute atomic E-state index is 10.2. The van der Waals surface area contributed by atoms with Gasteiger partial charge in [-0.2, -0.15) is 0 Å². The van der Waals surface area contributed by atoms with Crippen molar-refractivity contribution in [3.8, 4) is 5.75 Å². The molecule has 6 heteroatoms. The Kier molecular flexibility index (Phi) is 8.65. The van der Waals surface area contributed by atoms with E-state index in [1.807, 2.05) is 0 Å². The largest absolute Gasteiger partial charge is 1.00 e. The van der Waals surface area contributed by atoms with Gasteiger partial charge in [-0.15, -0.1) is 0 Å². The Morgan fingerprint density at radius 2 is 1.86 bits per heavy atom. The summed E-state index contributed by atoms with van der Waals surface area (Å²) in [7, 11) is 0. The summed E-state index contributed by atoms with van der Waals surface area (Å²) in [6.45, 7) is 0. The standard InChI is InChI=1S/C8H8O4.K.H2O/c9-6-4-2-1-3-5(6)7(10)8(11)12;;/h1-4,7,9-10H,(H,11,12);;1H2/q;+1;/p-1. The molecule has 72 valence electrons. The third-order valence-electron chi connectivity index (χ3n) is 1.45. The Hall–Kier alpha value is 0.0464. The number of hydrogen-bond donors (Lipinski definition) is 2. The van der Waals surface area contributed by atoms with Crippen LogP contribution in [0.2, 0.25) is 0 Å². The number of carbonyl (C=O) groups excluding carboxylic acids is 1. The van der Waals surface area contributed by atoms with Gasteiger partial charge in [-0.3, -0.25) is 0 Å². The summed E-state index contributed by atoms with van der Waals surface area (Å²) < 4.78 is 0. The van der Waals surface area contributed by atoms with Crippen LogP contribution in [0.25, 0.3) is 0 Å². The van der Waals surface area contributed by atoms with Crippen molar-refractivity contribution in [2.24, 2.45) is 0 Å². The summed E-state index contributed by atoms with van der Waals surface area (Å²) in [5.41, 5.74) is -0.0579. The number of carboxylic acid groups (broad SMARTS) is 1. The Morgan fingerprint density at radius 1 is 1.36 bits per heavy atom. The molecule has 14 heavy (non-hydrogen) atoms. The first kappa shape index (κ1) is 16.5. The van der Waals surface area contributed by atoms with Crippen molar-refractivity contribution in [2.45, 2.75) is 6.10 Å². The molecule has 1 aromatic carbocycles. The molecular weight excluding hydrogens is 215 g/mol. The van der Waals surface area contributed by atoms with Crippen molar-refractivity contribution in [3.63, 3.8) is 0 Å². The number of aliphatic hydroxyl groups is 1. The first-order valence-electron chi connectivity index (χ1n) is 3.29. The van der Waals surface area contributed by atoms with Gasteiger partial charge in [0.25, 0.3) is 0 Å². The van der Waals surface area contributed by atoms with Gasteiger partial charge >= 0.3 is 51.4 Å². The van der Waals surface area contributed by atoms with E-state index in [1.165, 1.54) is 24.3 Å². The average molecular weight is 224 g/mol. The van der Waals surface area contributed by atoms with E-state index < -0.39 is 12.1 Å². The zero-order valence-electron chi connectivity index (χ0n) is 7.60. The molecule has 0 fully saturated rings. The van der Waals surface area contributed by atoms with Gasteiger partial charge in [0.1, 0.15) is 11.9 Å². The zero-order chi connectivity index (χ0) is 9.14. The minimum absolute atomic E-state index is 0. The van der Waals surface area contributed by atoms with Crippen LogP contribution in [0.3, 0.4) is 0 Å². The van der Waals surface area contributed by atoms with E-state index in [4.69, 9.17) is 10.2 Å². The van der Waals surface area contributed by atoms with Crippen molar-refractivity contribution < 1.29 is 77.0 Å². The average Bonchev–Trinajstić information content (AvgIpc) is 2.04. The van der Waals surface area contributed by atoms with Crippen molar-refractivity contribution >= 4 is 5.97 Å². The number of aliphatic carboxylic acids is 1. The molecule has 5 nitrogen and oxygen atoms in total. The Labute approximate surface area is 123 Å². The number of aromatic hydroxyl groups is 1. The van der Waals surface area contributed by atoms with E-state index in [1.54, 1.807) is 0 Å². The summed E-state index contributed by atoms with van der Waals surface area (Å²) in [4.78, 5) is 10.2. The topological polar surface area (TPSA) is 112 Å². The molecule has 0 heterocycles. The van der Waals surface area contributed by atoms with Gasteiger partial charge in [-0.25, -0.2) is 0 Å². The molecule has 4 N–H and O–H groups in total. The molecule has 0 aromatic heterocycles. The fourth-order valence-electron chi connectivity index (χ4n) is 0.846. The van der Waals surface area contributed by atoms with Crippen LogP contribution >= 0.6 is 0 Å². The molecule has 0 amide bonds. The van der Waals surface area contributed by atoms with Gasteiger partial charge in [0.05, 0.1) is 5.97 Å². The molecular formula is C8H9KO5. The quantitative estimate of drug-likeness (QED) is 0.492. The molecule has 0 aliphatic carbocycles. The fourth-order valence-corrected chi connectivity index (χ4v) is 0.846. The van der Waals surface area contributed by atoms with Gasteiger partial charge in [0.2, 0.25) is 0 Å². The van der Waals surface area contributed by atoms with Gasteiger partial charge in [0, 0.05) is 5.56 Å². The Morgan fingerprint density at radius 3 is 2.29 bits per heavy atom. The number of carbonyl (C=O) groups is 1. The van der Waals surface area contributed by atoms with E-state index in [-0.39, 0.29) is 68.2 Å². The number of aliphatic hydroxyl groups excluding tert-OH is 1. The van der Waals surface area contributed by atoms with E-state index in [9.17, 15) is 9.90 Å². The number of benzene rings is 1.